The molecule has 0 spiro atoms. The van der Waals surface area contributed by atoms with Crippen LogP contribution in [0.5, 0.6) is 0 Å². The summed E-state index contributed by atoms with van der Waals surface area (Å²) in [4.78, 5) is 12.8. The molecule has 2 unspecified atom stereocenters. The van der Waals surface area contributed by atoms with Gasteiger partial charge < -0.3 is 19.9 Å². The Kier molecular flexibility index (Phi) is 9.07. The van der Waals surface area contributed by atoms with Gasteiger partial charge in [-0.2, -0.15) is 0 Å². The molecule has 0 aliphatic heterocycles. The van der Waals surface area contributed by atoms with E-state index in [1.807, 2.05) is 6.07 Å². The normalized spacial score (nSPS) is 13.3. The fraction of sp³-hybridized carbons (Fsp3) is 0.381. The summed E-state index contributed by atoms with van der Waals surface area (Å²) in [6, 6.07) is 14.9. The number of Topliss-reactive ketones (excluding diaryl/α,β-unsaturated/α-hetero) is 1. The molecule has 0 saturated heterocycles. The number of hydrogen-bond acceptors (Lipinski definition) is 5. The number of halogens is 1. The van der Waals surface area contributed by atoms with E-state index in [4.69, 9.17) is 9.47 Å². The van der Waals surface area contributed by atoms with Crippen molar-refractivity contribution in [2.75, 3.05) is 33.4 Å². The molecule has 0 saturated carbocycles. The van der Waals surface area contributed by atoms with E-state index in [1.165, 1.54) is 12.1 Å². The van der Waals surface area contributed by atoms with Crippen molar-refractivity contribution in [2.24, 2.45) is 0 Å². The number of carbonyl (C=O) groups excluding carboxylic acids is 1. The first kappa shape index (κ1) is 21.2. The van der Waals surface area contributed by atoms with Crippen molar-refractivity contribution in [3.05, 3.63) is 71.5 Å². The molecule has 0 aromatic heterocycles. The van der Waals surface area contributed by atoms with E-state index >= 15 is 0 Å². The number of aliphatic hydroxyl groups excluding tert-OH is 1. The molecule has 0 aliphatic rings. The number of ether oxygens (including phenoxy) is 2. The summed E-state index contributed by atoms with van der Waals surface area (Å²) >= 11 is 0. The molecule has 2 rings (SSSR count). The summed E-state index contributed by atoms with van der Waals surface area (Å²) in [5.74, 6) is -0.555. The van der Waals surface area contributed by atoms with Crippen LogP contribution in [0.3, 0.4) is 0 Å². The van der Waals surface area contributed by atoms with Gasteiger partial charge in [-0.05, 0) is 17.7 Å². The first-order valence-electron chi connectivity index (χ1n) is 8.93. The molecule has 0 heterocycles. The smallest absolute Gasteiger partial charge is 0.191 e. The van der Waals surface area contributed by atoms with E-state index in [9.17, 15) is 14.3 Å². The standard InChI is InChI=1S/C21H26FNO4/c1-26-11-10-23-14-19(24)15-27-20(13-16-6-5-9-18(22)12-16)21(25)17-7-3-2-4-8-17/h2-9,12,19-20,23-24H,10-11,13-15H2,1H3. The fourth-order valence-corrected chi connectivity index (χ4v) is 2.62. The van der Waals surface area contributed by atoms with Gasteiger partial charge in [0.15, 0.2) is 5.78 Å². The van der Waals surface area contributed by atoms with Crippen LogP contribution in [0.1, 0.15) is 15.9 Å². The summed E-state index contributed by atoms with van der Waals surface area (Å²) in [6.45, 7) is 1.49. The lowest BCUT2D eigenvalue weighted by atomic mass is 9.99. The quantitative estimate of drug-likeness (QED) is 0.440. The van der Waals surface area contributed by atoms with Crippen LogP contribution in [-0.4, -0.2) is 56.5 Å². The zero-order valence-corrected chi connectivity index (χ0v) is 15.4. The highest BCUT2D eigenvalue weighted by Gasteiger charge is 2.22. The number of ketones is 1. The number of aliphatic hydroxyl groups is 1. The summed E-state index contributed by atoms with van der Waals surface area (Å²) in [6.07, 6.45) is -1.33. The summed E-state index contributed by atoms with van der Waals surface area (Å²) in [5, 5.41) is 13.1. The lowest BCUT2D eigenvalue weighted by Crippen LogP contribution is -2.36. The van der Waals surface area contributed by atoms with E-state index in [0.29, 0.717) is 30.8 Å². The molecule has 6 heteroatoms. The van der Waals surface area contributed by atoms with Gasteiger partial charge in [0.05, 0.1) is 19.3 Å². The third-order valence-corrected chi connectivity index (χ3v) is 4.01. The second kappa shape index (κ2) is 11.6. The summed E-state index contributed by atoms with van der Waals surface area (Å²) in [5.41, 5.74) is 1.18. The van der Waals surface area contributed by atoms with Crippen molar-refractivity contribution < 1.29 is 23.8 Å². The minimum atomic E-state index is -0.803. The van der Waals surface area contributed by atoms with Gasteiger partial charge in [-0.3, -0.25) is 4.79 Å². The van der Waals surface area contributed by atoms with Gasteiger partial charge in [0, 0.05) is 32.2 Å². The van der Waals surface area contributed by atoms with Crippen molar-refractivity contribution in [1.82, 2.24) is 5.32 Å². The second-order valence-electron chi connectivity index (χ2n) is 6.24. The Balaban J connectivity index is 2.00. The molecule has 2 aromatic rings. The van der Waals surface area contributed by atoms with Gasteiger partial charge in [-0.1, -0.05) is 42.5 Å². The molecule has 0 fully saturated rings. The summed E-state index contributed by atoms with van der Waals surface area (Å²) in [7, 11) is 1.60. The number of hydrogen-bond donors (Lipinski definition) is 2. The Morgan fingerprint density at radius 1 is 1.19 bits per heavy atom. The Morgan fingerprint density at radius 3 is 2.67 bits per heavy atom. The van der Waals surface area contributed by atoms with Gasteiger partial charge in [-0.25, -0.2) is 4.39 Å². The zero-order valence-electron chi connectivity index (χ0n) is 15.4. The molecule has 0 aliphatic carbocycles. The SMILES string of the molecule is COCCNCC(O)COC(Cc1cccc(F)c1)C(=O)c1ccccc1. The largest absolute Gasteiger partial charge is 0.389 e. The van der Waals surface area contributed by atoms with E-state index in [0.717, 1.165) is 0 Å². The Bertz CT molecular complexity index is 696. The molecule has 0 radical (unpaired) electrons. The topological polar surface area (TPSA) is 67.8 Å². The van der Waals surface area contributed by atoms with Crippen LogP contribution in [-0.2, 0) is 15.9 Å². The van der Waals surface area contributed by atoms with Crippen molar-refractivity contribution in [2.45, 2.75) is 18.6 Å². The van der Waals surface area contributed by atoms with Gasteiger partial charge in [0.2, 0.25) is 0 Å². The van der Waals surface area contributed by atoms with Gasteiger partial charge in [-0.15, -0.1) is 0 Å². The highest BCUT2D eigenvalue weighted by molar-refractivity contribution is 5.99. The Hall–Kier alpha value is -2.12. The van der Waals surface area contributed by atoms with Crippen LogP contribution < -0.4 is 5.32 Å². The maximum absolute atomic E-state index is 13.5. The van der Waals surface area contributed by atoms with Gasteiger partial charge in [0.25, 0.3) is 0 Å². The van der Waals surface area contributed by atoms with Crippen LogP contribution in [0.25, 0.3) is 0 Å². The average Bonchev–Trinajstić information content (AvgIpc) is 2.68. The monoisotopic (exact) mass is 375 g/mol. The number of rotatable bonds is 12. The molecule has 146 valence electrons. The molecule has 27 heavy (non-hydrogen) atoms. The predicted molar refractivity (Wildman–Crippen MR) is 101 cm³/mol. The molecule has 5 nitrogen and oxygen atoms in total. The van der Waals surface area contributed by atoms with E-state index < -0.39 is 12.2 Å². The zero-order chi connectivity index (χ0) is 19.5. The number of carbonyl (C=O) groups is 1. The van der Waals surface area contributed by atoms with Crippen LogP contribution in [0.15, 0.2) is 54.6 Å². The van der Waals surface area contributed by atoms with E-state index in [1.54, 1.807) is 43.5 Å². The van der Waals surface area contributed by atoms with Crippen molar-refractivity contribution in [3.63, 3.8) is 0 Å². The third-order valence-electron chi connectivity index (χ3n) is 4.01. The molecule has 0 amide bonds. The van der Waals surface area contributed by atoms with Crippen LogP contribution >= 0.6 is 0 Å². The maximum atomic E-state index is 13.5. The lowest BCUT2D eigenvalue weighted by Gasteiger charge is -2.20. The highest BCUT2D eigenvalue weighted by atomic mass is 19.1. The second-order valence-corrected chi connectivity index (χ2v) is 6.24. The molecule has 0 bridgehead atoms. The minimum Gasteiger partial charge on any atom is -0.389 e. The Labute approximate surface area is 159 Å². The summed E-state index contributed by atoms with van der Waals surface area (Å²) < 4.78 is 24.1. The van der Waals surface area contributed by atoms with Crippen molar-refractivity contribution in [3.8, 4) is 0 Å². The number of nitrogens with one attached hydrogen (secondary N) is 1. The van der Waals surface area contributed by atoms with E-state index in [-0.39, 0.29) is 24.6 Å². The maximum Gasteiger partial charge on any atom is 0.191 e. The van der Waals surface area contributed by atoms with Crippen LogP contribution in [0.4, 0.5) is 4.39 Å². The lowest BCUT2D eigenvalue weighted by molar-refractivity contribution is -0.00199. The van der Waals surface area contributed by atoms with Gasteiger partial charge in [0.1, 0.15) is 11.9 Å². The molecule has 2 aromatic carbocycles. The first-order chi connectivity index (χ1) is 13.1. The predicted octanol–water partition coefficient (Wildman–Crippen LogP) is 2.23. The highest BCUT2D eigenvalue weighted by Crippen LogP contribution is 2.14. The molecular formula is C21H26FNO4. The average molecular weight is 375 g/mol. The molecule has 2 N–H and O–H groups in total. The fourth-order valence-electron chi connectivity index (χ4n) is 2.62. The third kappa shape index (κ3) is 7.56. The van der Waals surface area contributed by atoms with Crippen molar-refractivity contribution >= 4 is 5.78 Å². The van der Waals surface area contributed by atoms with Crippen LogP contribution in [0, 0.1) is 5.82 Å². The Morgan fingerprint density at radius 2 is 1.96 bits per heavy atom. The van der Waals surface area contributed by atoms with Gasteiger partial charge >= 0.3 is 0 Å². The van der Waals surface area contributed by atoms with Crippen molar-refractivity contribution in [1.29, 1.82) is 0 Å². The number of benzene rings is 2. The van der Waals surface area contributed by atoms with Crippen LogP contribution in [0.2, 0.25) is 0 Å². The minimum absolute atomic E-state index is 0.00145. The first-order valence-corrected chi connectivity index (χ1v) is 8.93. The number of methoxy groups -OCH3 is 1. The molecule has 2 atom stereocenters. The molecular weight excluding hydrogens is 349 g/mol. The van der Waals surface area contributed by atoms with E-state index in [2.05, 4.69) is 5.32 Å².